The molecule has 0 saturated carbocycles. The van der Waals surface area contributed by atoms with Crippen molar-refractivity contribution in [2.24, 2.45) is 14.1 Å². The zero-order valence-electron chi connectivity index (χ0n) is 17.6. The largest absolute Gasteiger partial charge is 0.376 e. The van der Waals surface area contributed by atoms with Crippen molar-refractivity contribution >= 4 is 40.3 Å². The van der Waals surface area contributed by atoms with Gasteiger partial charge < -0.3 is 10.1 Å². The Kier molecular flexibility index (Phi) is 6.63. The smallest absolute Gasteiger partial charge is 0.332 e. The molecule has 0 bridgehead atoms. The maximum Gasteiger partial charge on any atom is 0.332 e. The number of hydrogen-bond donors (Lipinski definition) is 1. The standard InChI is InChI=1S/C21H22ClN5O4S/c1-26-18-16(20(29)27(2)21(26)30)19(25-17(24-18)12-5-3-6-13(22)9-12)32-11-15(28)23-10-14-7-4-8-31-14/h3,5-6,9,14H,4,7-8,10-11H2,1-2H3,(H,23,28). The Balaban J connectivity index is 1.71. The molecule has 9 nitrogen and oxygen atoms in total. The van der Waals surface area contributed by atoms with E-state index in [-0.39, 0.29) is 28.8 Å². The molecule has 1 unspecified atom stereocenters. The normalized spacial score (nSPS) is 15.9. The van der Waals surface area contributed by atoms with E-state index in [1.54, 1.807) is 31.3 Å². The van der Waals surface area contributed by atoms with Gasteiger partial charge in [0, 0.05) is 37.8 Å². The molecule has 1 saturated heterocycles. The maximum absolute atomic E-state index is 12.9. The lowest BCUT2D eigenvalue weighted by Gasteiger charge is -2.13. The second-order valence-electron chi connectivity index (χ2n) is 7.49. The summed E-state index contributed by atoms with van der Waals surface area (Å²) >= 11 is 7.24. The summed E-state index contributed by atoms with van der Waals surface area (Å²) in [4.78, 5) is 46.8. The van der Waals surface area contributed by atoms with Crippen molar-refractivity contribution in [3.8, 4) is 11.4 Å². The first-order valence-electron chi connectivity index (χ1n) is 10.1. The molecule has 1 aromatic carbocycles. The molecule has 1 N–H and O–H groups in total. The third kappa shape index (κ3) is 4.57. The van der Waals surface area contributed by atoms with Gasteiger partial charge in [-0.15, -0.1) is 0 Å². The fourth-order valence-electron chi connectivity index (χ4n) is 3.51. The number of carbonyl (C=O) groups is 1. The lowest BCUT2D eigenvalue weighted by atomic mass is 10.2. The van der Waals surface area contributed by atoms with Crippen molar-refractivity contribution in [2.45, 2.75) is 24.0 Å². The second kappa shape index (κ2) is 9.43. The van der Waals surface area contributed by atoms with Gasteiger partial charge >= 0.3 is 5.69 Å². The first-order valence-corrected chi connectivity index (χ1v) is 11.5. The van der Waals surface area contributed by atoms with E-state index in [2.05, 4.69) is 15.3 Å². The van der Waals surface area contributed by atoms with Crippen LogP contribution in [0.25, 0.3) is 22.4 Å². The number of aryl methyl sites for hydroxylation is 1. The van der Waals surface area contributed by atoms with E-state index >= 15 is 0 Å². The fourth-order valence-corrected chi connectivity index (χ4v) is 4.54. The summed E-state index contributed by atoms with van der Waals surface area (Å²) in [6.45, 7) is 1.17. The van der Waals surface area contributed by atoms with Gasteiger partial charge in [-0.1, -0.05) is 35.5 Å². The number of nitrogens with zero attached hydrogens (tertiary/aromatic N) is 4. The van der Waals surface area contributed by atoms with Crippen molar-refractivity contribution in [3.05, 3.63) is 50.1 Å². The number of benzene rings is 1. The van der Waals surface area contributed by atoms with Crippen LogP contribution in [0.5, 0.6) is 0 Å². The second-order valence-corrected chi connectivity index (χ2v) is 8.90. The third-order valence-corrected chi connectivity index (χ3v) is 6.45. The van der Waals surface area contributed by atoms with Crippen LogP contribution in [-0.4, -0.2) is 50.0 Å². The van der Waals surface area contributed by atoms with Crippen LogP contribution in [0.3, 0.4) is 0 Å². The molecule has 0 spiro atoms. The molecule has 32 heavy (non-hydrogen) atoms. The molecule has 4 rings (SSSR count). The van der Waals surface area contributed by atoms with E-state index < -0.39 is 11.2 Å². The van der Waals surface area contributed by atoms with Crippen LogP contribution in [0.15, 0.2) is 38.9 Å². The summed E-state index contributed by atoms with van der Waals surface area (Å²) < 4.78 is 7.83. The summed E-state index contributed by atoms with van der Waals surface area (Å²) in [5.74, 6) is 0.175. The Hall–Kier alpha value is -2.69. The monoisotopic (exact) mass is 475 g/mol. The van der Waals surface area contributed by atoms with Crippen molar-refractivity contribution in [1.82, 2.24) is 24.4 Å². The molecule has 1 fully saturated rings. The lowest BCUT2D eigenvalue weighted by Crippen LogP contribution is -2.38. The lowest BCUT2D eigenvalue weighted by molar-refractivity contribution is -0.119. The zero-order chi connectivity index (χ0) is 22.8. The van der Waals surface area contributed by atoms with E-state index in [1.807, 2.05) is 0 Å². The number of ether oxygens (including phenoxy) is 1. The highest BCUT2D eigenvalue weighted by atomic mass is 35.5. The number of hydrogen-bond acceptors (Lipinski definition) is 7. The molecule has 11 heteroatoms. The van der Waals surface area contributed by atoms with Crippen molar-refractivity contribution in [1.29, 1.82) is 0 Å². The van der Waals surface area contributed by atoms with Gasteiger partial charge in [0.1, 0.15) is 10.4 Å². The predicted molar refractivity (Wildman–Crippen MR) is 123 cm³/mol. The number of fused-ring (bicyclic) bond motifs is 1. The number of nitrogens with one attached hydrogen (secondary N) is 1. The van der Waals surface area contributed by atoms with Gasteiger partial charge in [-0.05, 0) is 25.0 Å². The van der Waals surface area contributed by atoms with Crippen LogP contribution in [-0.2, 0) is 23.6 Å². The van der Waals surface area contributed by atoms with Crippen molar-refractivity contribution < 1.29 is 9.53 Å². The van der Waals surface area contributed by atoms with Crippen LogP contribution >= 0.6 is 23.4 Å². The third-order valence-electron chi connectivity index (χ3n) is 5.24. The molecule has 1 atom stereocenters. The van der Waals surface area contributed by atoms with E-state index in [0.717, 1.165) is 35.8 Å². The molecule has 3 aromatic rings. The Morgan fingerprint density at radius 2 is 2.09 bits per heavy atom. The molecule has 3 heterocycles. The van der Waals surface area contributed by atoms with Gasteiger partial charge in [0.25, 0.3) is 5.56 Å². The summed E-state index contributed by atoms with van der Waals surface area (Å²) in [7, 11) is 2.94. The van der Waals surface area contributed by atoms with Gasteiger partial charge in [-0.25, -0.2) is 14.8 Å². The summed E-state index contributed by atoms with van der Waals surface area (Å²) in [6, 6.07) is 6.98. The van der Waals surface area contributed by atoms with E-state index in [0.29, 0.717) is 28.0 Å². The van der Waals surface area contributed by atoms with Gasteiger partial charge in [0.2, 0.25) is 5.91 Å². The molecule has 1 aliphatic rings. The zero-order valence-corrected chi connectivity index (χ0v) is 19.2. The summed E-state index contributed by atoms with van der Waals surface area (Å²) in [6.07, 6.45) is 1.97. The Morgan fingerprint density at radius 1 is 1.28 bits per heavy atom. The quantitative estimate of drug-likeness (QED) is 0.427. The number of aromatic nitrogens is 4. The van der Waals surface area contributed by atoms with Crippen LogP contribution in [0.4, 0.5) is 0 Å². The summed E-state index contributed by atoms with van der Waals surface area (Å²) in [5, 5.41) is 3.88. The minimum Gasteiger partial charge on any atom is -0.376 e. The highest BCUT2D eigenvalue weighted by Crippen LogP contribution is 2.27. The molecule has 1 amide bonds. The van der Waals surface area contributed by atoms with Gasteiger partial charge in [-0.2, -0.15) is 0 Å². The van der Waals surface area contributed by atoms with Crippen LogP contribution < -0.4 is 16.6 Å². The Labute approximate surface area is 192 Å². The van der Waals surface area contributed by atoms with Crippen LogP contribution in [0, 0.1) is 0 Å². The minimum atomic E-state index is -0.511. The molecule has 0 aliphatic carbocycles. The van der Waals surface area contributed by atoms with Crippen molar-refractivity contribution in [3.63, 3.8) is 0 Å². The number of amides is 1. The maximum atomic E-state index is 12.9. The SMILES string of the molecule is Cn1c(=O)c2c(SCC(=O)NCC3CCCO3)nc(-c3cccc(Cl)c3)nc2n(C)c1=O. The molecular formula is C21H22ClN5O4S. The van der Waals surface area contributed by atoms with E-state index in [4.69, 9.17) is 16.3 Å². The van der Waals surface area contributed by atoms with Crippen molar-refractivity contribution in [2.75, 3.05) is 18.9 Å². The van der Waals surface area contributed by atoms with Crippen LogP contribution in [0.1, 0.15) is 12.8 Å². The highest BCUT2D eigenvalue weighted by Gasteiger charge is 2.20. The number of carbonyl (C=O) groups excluding carboxylic acids is 1. The topological polar surface area (TPSA) is 108 Å². The minimum absolute atomic E-state index is 0.0417. The van der Waals surface area contributed by atoms with Gasteiger partial charge in [-0.3, -0.25) is 18.7 Å². The number of thioether (sulfide) groups is 1. The first-order chi connectivity index (χ1) is 15.3. The summed E-state index contributed by atoms with van der Waals surface area (Å²) in [5.41, 5.74) is -0.172. The number of halogens is 1. The van der Waals surface area contributed by atoms with E-state index in [1.165, 1.54) is 11.6 Å². The highest BCUT2D eigenvalue weighted by molar-refractivity contribution is 8.00. The first kappa shape index (κ1) is 22.5. The molecular weight excluding hydrogens is 454 g/mol. The molecule has 0 radical (unpaired) electrons. The van der Waals surface area contributed by atoms with E-state index in [9.17, 15) is 14.4 Å². The predicted octanol–water partition coefficient (Wildman–Crippen LogP) is 1.73. The molecule has 1 aliphatic heterocycles. The number of rotatable bonds is 6. The average Bonchev–Trinajstić information content (AvgIpc) is 3.31. The fraction of sp³-hybridized carbons (Fsp3) is 0.381. The Bertz CT molecular complexity index is 1300. The Morgan fingerprint density at radius 3 is 2.81 bits per heavy atom. The van der Waals surface area contributed by atoms with Gasteiger partial charge in [0.15, 0.2) is 11.5 Å². The molecule has 2 aromatic heterocycles. The van der Waals surface area contributed by atoms with Gasteiger partial charge in [0.05, 0.1) is 11.9 Å². The van der Waals surface area contributed by atoms with Crippen LogP contribution in [0.2, 0.25) is 5.02 Å². The average molecular weight is 476 g/mol. The molecule has 168 valence electrons.